The number of carbonyl (C=O) groups is 2. The molecule has 0 N–H and O–H groups in total. The van der Waals surface area contributed by atoms with Gasteiger partial charge in [0, 0.05) is 38.2 Å². The highest BCUT2D eigenvalue weighted by molar-refractivity contribution is 5.94. The minimum atomic E-state index is -0.0174. The molecule has 1 saturated heterocycles. The highest BCUT2D eigenvalue weighted by Gasteiger charge is 2.24. The third-order valence-electron chi connectivity index (χ3n) is 5.41. The number of amides is 2. The van der Waals surface area contributed by atoms with Gasteiger partial charge in [0.2, 0.25) is 5.91 Å². The van der Waals surface area contributed by atoms with Crippen LogP contribution < -0.4 is 14.2 Å². The molecule has 0 saturated carbocycles. The molecule has 0 radical (unpaired) electrons. The largest absolute Gasteiger partial charge is 0.497 e. The monoisotopic (exact) mass is 426 g/mol. The molecule has 2 aromatic rings. The molecule has 1 heterocycles. The highest BCUT2D eigenvalue weighted by Crippen LogP contribution is 2.28. The Bertz CT molecular complexity index is 889. The number of hydrogen-bond acceptors (Lipinski definition) is 5. The van der Waals surface area contributed by atoms with E-state index in [2.05, 4.69) is 0 Å². The van der Waals surface area contributed by atoms with E-state index >= 15 is 0 Å². The summed E-state index contributed by atoms with van der Waals surface area (Å²) in [6.07, 6.45) is 1.05. The van der Waals surface area contributed by atoms with Crippen molar-refractivity contribution in [1.29, 1.82) is 0 Å². The third-order valence-corrected chi connectivity index (χ3v) is 5.41. The van der Waals surface area contributed by atoms with Crippen molar-refractivity contribution >= 4 is 11.8 Å². The van der Waals surface area contributed by atoms with E-state index in [0.717, 1.165) is 11.3 Å². The molecule has 7 heteroatoms. The number of hydrogen-bond donors (Lipinski definition) is 0. The molecule has 2 aromatic carbocycles. The fourth-order valence-corrected chi connectivity index (χ4v) is 3.63. The molecule has 0 unspecified atom stereocenters. The van der Waals surface area contributed by atoms with Gasteiger partial charge in [0.15, 0.2) is 11.5 Å². The van der Waals surface area contributed by atoms with Gasteiger partial charge in [0.1, 0.15) is 5.75 Å². The van der Waals surface area contributed by atoms with Crippen LogP contribution in [0.1, 0.15) is 29.3 Å². The normalized spacial score (nSPS) is 13.6. The number of nitrogens with zero attached hydrogens (tertiary/aromatic N) is 2. The summed E-state index contributed by atoms with van der Waals surface area (Å²) in [6.45, 7) is 4.67. The fourth-order valence-electron chi connectivity index (χ4n) is 3.63. The summed E-state index contributed by atoms with van der Waals surface area (Å²) in [7, 11) is 3.21. The number of aryl methyl sites for hydroxylation is 1. The summed E-state index contributed by atoms with van der Waals surface area (Å²) >= 11 is 0. The zero-order valence-corrected chi connectivity index (χ0v) is 18.4. The Morgan fingerprint density at radius 3 is 2.16 bits per heavy atom. The predicted molar refractivity (Wildman–Crippen MR) is 118 cm³/mol. The van der Waals surface area contributed by atoms with E-state index in [1.807, 2.05) is 30.0 Å². The fraction of sp³-hybridized carbons (Fsp3) is 0.417. The number of methoxy groups -OCH3 is 2. The minimum absolute atomic E-state index is 0.0174. The van der Waals surface area contributed by atoms with Crippen LogP contribution in [0.5, 0.6) is 17.2 Å². The van der Waals surface area contributed by atoms with Gasteiger partial charge in [-0.3, -0.25) is 9.59 Å². The summed E-state index contributed by atoms with van der Waals surface area (Å²) < 4.78 is 16.1. The SMILES string of the molecule is CCOc1ccc(CCC(=O)N2CCN(C(=O)c3ccc(OC)cc3)CC2)cc1OC. The van der Waals surface area contributed by atoms with E-state index in [0.29, 0.717) is 62.7 Å². The lowest BCUT2D eigenvalue weighted by atomic mass is 10.1. The van der Waals surface area contributed by atoms with Gasteiger partial charge >= 0.3 is 0 Å². The zero-order chi connectivity index (χ0) is 22.2. The third kappa shape index (κ3) is 5.69. The number of benzene rings is 2. The smallest absolute Gasteiger partial charge is 0.253 e. The van der Waals surface area contributed by atoms with E-state index in [4.69, 9.17) is 14.2 Å². The lowest BCUT2D eigenvalue weighted by Gasteiger charge is -2.35. The maximum absolute atomic E-state index is 12.7. The number of carbonyl (C=O) groups excluding carboxylic acids is 2. The molecule has 1 fully saturated rings. The Kier molecular flexibility index (Phi) is 7.76. The number of rotatable bonds is 8. The first kappa shape index (κ1) is 22.5. The average molecular weight is 427 g/mol. The van der Waals surface area contributed by atoms with Crippen molar-refractivity contribution in [3.8, 4) is 17.2 Å². The Labute approximate surface area is 183 Å². The second-order valence-electron chi connectivity index (χ2n) is 7.32. The first-order valence-corrected chi connectivity index (χ1v) is 10.6. The van der Waals surface area contributed by atoms with E-state index in [1.54, 1.807) is 43.4 Å². The van der Waals surface area contributed by atoms with Crippen LogP contribution in [0, 0.1) is 0 Å². The van der Waals surface area contributed by atoms with Crippen molar-refractivity contribution in [3.05, 3.63) is 53.6 Å². The van der Waals surface area contributed by atoms with Crippen molar-refractivity contribution in [2.24, 2.45) is 0 Å². The average Bonchev–Trinajstić information content (AvgIpc) is 2.83. The second-order valence-corrected chi connectivity index (χ2v) is 7.32. The van der Waals surface area contributed by atoms with Crippen molar-refractivity contribution in [2.75, 3.05) is 47.0 Å². The molecule has 0 bridgehead atoms. The summed E-state index contributed by atoms with van der Waals surface area (Å²) in [5.74, 6) is 2.19. The van der Waals surface area contributed by atoms with Crippen LogP contribution in [-0.4, -0.2) is 68.6 Å². The maximum Gasteiger partial charge on any atom is 0.253 e. The molecule has 31 heavy (non-hydrogen) atoms. The van der Waals surface area contributed by atoms with E-state index in [9.17, 15) is 9.59 Å². The van der Waals surface area contributed by atoms with Crippen LogP contribution in [-0.2, 0) is 11.2 Å². The zero-order valence-electron chi connectivity index (χ0n) is 18.4. The Balaban J connectivity index is 1.49. The second kappa shape index (κ2) is 10.7. The van der Waals surface area contributed by atoms with E-state index in [1.165, 1.54) is 0 Å². The predicted octanol–water partition coefficient (Wildman–Crippen LogP) is 3.02. The van der Waals surface area contributed by atoms with Gasteiger partial charge in [-0.2, -0.15) is 0 Å². The quantitative estimate of drug-likeness (QED) is 0.649. The highest BCUT2D eigenvalue weighted by atomic mass is 16.5. The van der Waals surface area contributed by atoms with Crippen LogP contribution >= 0.6 is 0 Å². The van der Waals surface area contributed by atoms with Crippen molar-refractivity contribution in [3.63, 3.8) is 0 Å². The summed E-state index contributed by atoms with van der Waals surface area (Å²) in [6, 6.07) is 12.9. The number of ether oxygens (including phenoxy) is 3. The molecular formula is C24H30N2O5. The van der Waals surface area contributed by atoms with Gasteiger partial charge in [-0.1, -0.05) is 6.07 Å². The Morgan fingerprint density at radius 1 is 0.871 bits per heavy atom. The Morgan fingerprint density at radius 2 is 1.55 bits per heavy atom. The minimum Gasteiger partial charge on any atom is -0.497 e. The van der Waals surface area contributed by atoms with Gasteiger partial charge in [-0.25, -0.2) is 0 Å². The van der Waals surface area contributed by atoms with Crippen molar-refractivity contribution in [1.82, 2.24) is 9.80 Å². The van der Waals surface area contributed by atoms with E-state index < -0.39 is 0 Å². The molecule has 166 valence electrons. The Hall–Kier alpha value is -3.22. The lowest BCUT2D eigenvalue weighted by Crippen LogP contribution is -2.50. The van der Waals surface area contributed by atoms with Gasteiger partial charge in [-0.05, 0) is 55.3 Å². The van der Waals surface area contributed by atoms with E-state index in [-0.39, 0.29) is 11.8 Å². The maximum atomic E-state index is 12.7. The van der Waals surface area contributed by atoms with Crippen LogP contribution in [0.3, 0.4) is 0 Å². The molecule has 2 amide bonds. The summed E-state index contributed by atoms with van der Waals surface area (Å²) in [4.78, 5) is 29.0. The molecule has 7 nitrogen and oxygen atoms in total. The molecule has 0 aliphatic carbocycles. The molecule has 0 aromatic heterocycles. The molecular weight excluding hydrogens is 396 g/mol. The molecule has 1 aliphatic rings. The van der Waals surface area contributed by atoms with Gasteiger partial charge in [0.25, 0.3) is 5.91 Å². The first-order valence-electron chi connectivity index (χ1n) is 10.6. The summed E-state index contributed by atoms with van der Waals surface area (Å²) in [5.41, 5.74) is 1.66. The lowest BCUT2D eigenvalue weighted by molar-refractivity contribution is -0.132. The van der Waals surface area contributed by atoms with Gasteiger partial charge in [-0.15, -0.1) is 0 Å². The van der Waals surface area contributed by atoms with Gasteiger partial charge in [0.05, 0.1) is 20.8 Å². The van der Waals surface area contributed by atoms with Crippen molar-refractivity contribution < 1.29 is 23.8 Å². The van der Waals surface area contributed by atoms with Crippen LogP contribution in [0.15, 0.2) is 42.5 Å². The van der Waals surface area contributed by atoms with Crippen LogP contribution in [0.25, 0.3) is 0 Å². The molecule has 1 aliphatic heterocycles. The topological polar surface area (TPSA) is 68.3 Å². The van der Waals surface area contributed by atoms with Crippen LogP contribution in [0.4, 0.5) is 0 Å². The number of piperazine rings is 1. The summed E-state index contributed by atoms with van der Waals surface area (Å²) in [5, 5.41) is 0. The molecule has 0 atom stereocenters. The first-order chi connectivity index (χ1) is 15.0. The standard InChI is InChI=1S/C24H30N2O5/c1-4-31-21-11-5-18(17-22(21)30-3)6-12-23(27)25-13-15-26(16-14-25)24(28)19-7-9-20(29-2)10-8-19/h5,7-11,17H,4,6,12-16H2,1-3H3. The van der Waals surface area contributed by atoms with Gasteiger partial charge < -0.3 is 24.0 Å². The molecule has 0 spiro atoms. The molecule has 3 rings (SSSR count). The van der Waals surface area contributed by atoms with Crippen LogP contribution in [0.2, 0.25) is 0 Å². The van der Waals surface area contributed by atoms with Crippen molar-refractivity contribution in [2.45, 2.75) is 19.8 Å².